The third-order valence-corrected chi connectivity index (χ3v) is 2.57. The first-order valence-electron chi connectivity index (χ1n) is 4.34. The van der Waals surface area contributed by atoms with Crippen LogP contribution in [0.15, 0.2) is 24.3 Å². The van der Waals surface area contributed by atoms with Gasteiger partial charge in [0, 0.05) is 5.56 Å². The van der Waals surface area contributed by atoms with Gasteiger partial charge in [0.25, 0.3) is 5.92 Å². The minimum Gasteiger partial charge on any atom is -0.322 e. The lowest BCUT2D eigenvalue weighted by atomic mass is 9.85. The molecule has 2 rings (SSSR count). The van der Waals surface area contributed by atoms with E-state index in [-0.39, 0.29) is 5.56 Å². The average Bonchev–Trinajstić information content (AvgIpc) is 2.13. The van der Waals surface area contributed by atoms with E-state index < -0.39 is 12.0 Å². The normalized spacial score (nSPS) is 25.3. The van der Waals surface area contributed by atoms with Gasteiger partial charge in [-0.3, -0.25) is 0 Å². The van der Waals surface area contributed by atoms with Crippen LogP contribution in [0, 0.1) is 0 Å². The summed E-state index contributed by atoms with van der Waals surface area (Å²) in [4.78, 5) is 0. The number of benzene rings is 1. The first-order chi connectivity index (χ1) is 6.12. The van der Waals surface area contributed by atoms with Crippen molar-refractivity contribution < 1.29 is 8.78 Å². The second-order valence-electron chi connectivity index (χ2n) is 3.43. The highest BCUT2D eigenvalue weighted by molar-refractivity contribution is 5.34. The Bertz CT molecular complexity index is 322. The predicted molar refractivity (Wildman–Crippen MR) is 46.6 cm³/mol. The lowest BCUT2D eigenvalue weighted by Crippen LogP contribution is -2.42. The molecule has 1 aliphatic rings. The zero-order chi connectivity index (χ0) is 9.47. The van der Waals surface area contributed by atoms with Gasteiger partial charge in [0.15, 0.2) is 0 Å². The van der Waals surface area contributed by atoms with Crippen molar-refractivity contribution in [1.29, 1.82) is 0 Å². The van der Waals surface area contributed by atoms with Crippen LogP contribution in [0.2, 0.25) is 0 Å². The summed E-state index contributed by atoms with van der Waals surface area (Å²) >= 11 is 0. The molecule has 0 amide bonds. The summed E-state index contributed by atoms with van der Waals surface area (Å²) in [5.41, 5.74) is 6.21. The SMILES string of the molecule is NC1CCc2ccccc2C1(F)F. The monoisotopic (exact) mass is 183 g/mol. The Balaban J connectivity index is 2.52. The molecule has 0 saturated heterocycles. The molecule has 1 aromatic carbocycles. The van der Waals surface area contributed by atoms with E-state index in [2.05, 4.69) is 0 Å². The number of nitrogens with two attached hydrogens (primary N) is 1. The van der Waals surface area contributed by atoms with Crippen molar-refractivity contribution in [2.45, 2.75) is 24.8 Å². The van der Waals surface area contributed by atoms with Crippen LogP contribution in [0.1, 0.15) is 17.5 Å². The Hall–Kier alpha value is -0.960. The molecule has 0 spiro atoms. The summed E-state index contributed by atoms with van der Waals surface area (Å²) in [6, 6.07) is 5.60. The van der Waals surface area contributed by atoms with Gasteiger partial charge in [-0.15, -0.1) is 0 Å². The van der Waals surface area contributed by atoms with E-state index in [9.17, 15) is 8.78 Å². The largest absolute Gasteiger partial charge is 0.322 e. The van der Waals surface area contributed by atoms with Crippen molar-refractivity contribution in [2.24, 2.45) is 5.73 Å². The highest BCUT2D eigenvalue weighted by Gasteiger charge is 2.43. The summed E-state index contributed by atoms with van der Waals surface area (Å²) in [6.45, 7) is 0. The van der Waals surface area contributed by atoms with Crippen LogP contribution >= 0.6 is 0 Å². The maximum atomic E-state index is 13.5. The summed E-state index contributed by atoms with van der Waals surface area (Å²) in [7, 11) is 0. The number of hydrogen-bond donors (Lipinski definition) is 1. The molecule has 0 fully saturated rings. The van der Waals surface area contributed by atoms with Crippen molar-refractivity contribution in [3.8, 4) is 0 Å². The fraction of sp³-hybridized carbons (Fsp3) is 0.400. The van der Waals surface area contributed by atoms with E-state index in [1.807, 2.05) is 0 Å². The number of hydrogen-bond acceptors (Lipinski definition) is 1. The van der Waals surface area contributed by atoms with Crippen molar-refractivity contribution in [3.05, 3.63) is 35.4 Å². The third-order valence-electron chi connectivity index (χ3n) is 2.57. The van der Waals surface area contributed by atoms with E-state index in [4.69, 9.17) is 5.73 Å². The van der Waals surface area contributed by atoms with Crippen molar-refractivity contribution in [3.63, 3.8) is 0 Å². The number of alkyl halides is 2. The van der Waals surface area contributed by atoms with Crippen LogP contribution in [0.3, 0.4) is 0 Å². The Labute approximate surface area is 75.6 Å². The van der Waals surface area contributed by atoms with Gasteiger partial charge >= 0.3 is 0 Å². The van der Waals surface area contributed by atoms with Crippen LogP contribution in [0.25, 0.3) is 0 Å². The highest BCUT2D eigenvalue weighted by Crippen LogP contribution is 2.38. The van der Waals surface area contributed by atoms with E-state index >= 15 is 0 Å². The zero-order valence-corrected chi connectivity index (χ0v) is 7.13. The average molecular weight is 183 g/mol. The molecule has 3 heteroatoms. The number of rotatable bonds is 0. The molecule has 0 heterocycles. The highest BCUT2D eigenvalue weighted by atomic mass is 19.3. The number of aryl methyl sites for hydroxylation is 1. The maximum Gasteiger partial charge on any atom is 0.288 e. The van der Waals surface area contributed by atoms with Crippen LogP contribution in [-0.2, 0) is 12.3 Å². The Kier molecular flexibility index (Phi) is 1.84. The molecule has 13 heavy (non-hydrogen) atoms. The summed E-state index contributed by atoms with van der Waals surface area (Å²) in [5, 5.41) is 0. The van der Waals surface area contributed by atoms with E-state index in [1.165, 1.54) is 6.07 Å². The van der Waals surface area contributed by atoms with Crippen LogP contribution in [0.5, 0.6) is 0 Å². The van der Waals surface area contributed by atoms with Crippen LogP contribution < -0.4 is 5.73 Å². The molecule has 0 bridgehead atoms. The van der Waals surface area contributed by atoms with Crippen molar-refractivity contribution >= 4 is 0 Å². The second kappa shape index (κ2) is 2.77. The molecular formula is C10H11F2N. The molecule has 1 nitrogen and oxygen atoms in total. The molecule has 1 aliphatic carbocycles. The van der Waals surface area contributed by atoms with Crippen molar-refractivity contribution in [1.82, 2.24) is 0 Å². The van der Waals surface area contributed by atoms with Gasteiger partial charge in [-0.2, -0.15) is 8.78 Å². The van der Waals surface area contributed by atoms with E-state index in [0.717, 1.165) is 5.56 Å². The van der Waals surface area contributed by atoms with E-state index in [0.29, 0.717) is 12.8 Å². The van der Waals surface area contributed by atoms with Gasteiger partial charge in [-0.1, -0.05) is 24.3 Å². The molecule has 0 radical (unpaired) electrons. The first-order valence-corrected chi connectivity index (χ1v) is 4.34. The quantitative estimate of drug-likeness (QED) is 0.654. The van der Waals surface area contributed by atoms with Gasteiger partial charge in [-0.05, 0) is 18.4 Å². The van der Waals surface area contributed by atoms with Gasteiger partial charge in [0.2, 0.25) is 0 Å². The maximum absolute atomic E-state index is 13.5. The van der Waals surface area contributed by atoms with Gasteiger partial charge in [0.05, 0.1) is 6.04 Å². The van der Waals surface area contributed by atoms with Crippen molar-refractivity contribution in [2.75, 3.05) is 0 Å². The Morgan fingerprint density at radius 1 is 1.31 bits per heavy atom. The minimum absolute atomic E-state index is 0.105. The molecule has 2 N–H and O–H groups in total. The molecule has 0 aromatic heterocycles. The molecule has 1 aromatic rings. The summed E-state index contributed by atoms with van der Waals surface area (Å²) in [5.74, 6) is -2.85. The standard InChI is InChI=1S/C10H11F2N/c11-10(12)8-4-2-1-3-7(8)5-6-9(10)13/h1-4,9H,5-6,13H2. The fourth-order valence-electron chi connectivity index (χ4n) is 1.76. The smallest absolute Gasteiger partial charge is 0.288 e. The second-order valence-corrected chi connectivity index (χ2v) is 3.43. The molecule has 70 valence electrons. The number of halogens is 2. The Morgan fingerprint density at radius 3 is 2.77 bits per heavy atom. The fourth-order valence-corrected chi connectivity index (χ4v) is 1.76. The summed E-state index contributed by atoms with van der Waals surface area (Å²) in [6.07, 6.45) is 1.02. The topological polar surface area (TPSA) is 26.0 Å². The minimum atomic E-state index is -2.85. The molecular weight excluding hydrogens is 172 g/mol. The van der Waals surface area contributed by atoms with Crippen LogP contribution in [-0.4, -0.2) is 6.04 Å². The molecule has 1 unspecified atom stereocenters. The van der Waals surface area contributed by atoms with Gasteiger partial charge in [0.1, 0.15) is 0 Å². The van der Waals surface area contributed by atoms with E-state index in [1.54, 1.807) is 18.2 Å². The molecule has 0 saturated carbocycles. The lowest BCUT2D eigenvalue weighted by molar-refractivity contribution is -0.0402. The zero-order valence-electron chi connectivity index (χ0n) is 7.13. The third kappa shape index (κ3) is 1.23. The Morgan fingerprint density at radius 2 is 2.00 bits per heavy atom. The summed E-state index contributed by atoms with van der Waals surface area (Å²) < 4.78 is 26.9. The lowest BCUT2D eigenvalue weighted by Gasteiger charge is -2.30. The first kappa shape index (κ1) is 8.63. The van der Waals surface area contributed by atoms with Gasteiger partial charge < -0.3 is 5.73 Å². The van der Waals surface area contributed by atoms with Gasteiger partial charge in [-0.25, -0.2) is 0 Å². The predicted octanol–water partition coefficient (Wildman–Crippen LogP) is 2.05. The molecule has 0 aliphatic heterocycles. The number of fused-ring (bicyclic) bond motifs is 1. The molecule has 1 atom stereocenters. The van der Waals surface area contributed by atoms with Crippen LogP contribution in [0.4, 0.5) is 8.78 Å².